The van der Waals surface area contributed by atoms with E-state index in [9.17, 15) is 22.8 Å². The lowest BCUT2D eigenvalue weighted by Gasteiger charge is -2.16. The highest BCUT2D eigenvalue weighted by atomic mass is 19.4. The van der Waals surface area contributed by atoms with Crippen molar-refractivity contribution in [3.63, 3.8) is 0 Å². The van der Waals surface area contributed by atoms with Crippen LogP contribution in [0.5, 0.6) is 0 Å². The van der Waals surface area contributed by atoms with Crippen molar-refractivity contribution in [1.29, 1.82) is 0 Å². The minimum atomic E-state index is -4.26. The third-order valence-corrected chi connectivity index (χ3v) is 2.94. The fourth-order valence-corrected chi connectivity index (χ4v) is 2.07. The average Bonchev–Trinajstić information content (AvgIpc) is 2.75. The maximum Gasteiger partial charge on any atom is 0.401 e. The van der Waals surface area contributed by atoms with E-state index in [1.807, 2.05) is 0 Å². The molecule has 2 unspecified atom stereocenters. The molecule has 0 amide bonds. The number of aromatic amines is 1. The molecule has 0 radical (unpaired) electrons. The van der Waals surface area contributed by atoms with Crippen LogP contribution in [0.1, 0.15) is 19.1 Å². The van der Waals surface area contributed by atoms with Crippen LogP contribution < -0.4 is 16.6 Å². The van der Waals surface area contributed by atoms with Crippen LogP contribution in [0, 0.1) is 0 Å². The van der Waals surface area contributed by atoms with E-state index in [1.165, 1.54) is 16.8 Å². The van der Waals surface area contributed by atoms with Crippen molar-refractivity contribution in [1.82, 2.24) is 14.9 Å². The van der Waals surface area contributed by atoms with Crippen LogP contribution in [-0.2, 0) is 4.74 Å². The van der Waals surface area contributed by atoms with Crippen molar-refractivity contribution in [3.8, 4) is 0 Å². The molecule has 1 aromatic rings. The molecule has 2 atom stereocenters. The molecule has 1 saturated heterocycles. The third-order valence-electron chi connectivity index (χ3n) is 2.94. The van der Waals surface area contributed by atoms with Gasteiger partial charge in [-0.2, -0.15) is 13.2 Å². The number of aromatic nitrogens is 2. The number of ether oxygens (including phenoxy) is 1. The highest BCUT2D eigenvalue weighted by Gasteiger charge is 2.30. The molecule has 6 nitrogen and oxygen atoms in total. The summed E-state index contributed by atoms with van der Waals surface area (Å²) in [6.45, 7) is -1.01. The maximum absolute atomic E-state index is 12.0. The van der Waals surface area contributed by atoms with E-state index in [4.69, 9.17) is 4.74 Å². The van der Waals surface area contributed by atoms with Crippen molar-refractivity contribution in [2.75, 3.05) is 13.1 Å². The number of hydrogen-bond donors (Lipinski definition) is 2. The minimum absolute atomic E-state index is 0.0636. The molecular weight excluding hydrogens is 279 g/mol. The summed E-state index contributed by atoms with van der Waals surface area (Å²) >= 11 is 0. The molecule has 0 spiro atoms. The van der Waals surface area contributed by atoms with E-state index in [1.54, 1.807) is 0 Å². The van der Waals surface area contributed by atoms with Gasteiger partial charge in [0.15, 0.2) is 0 Å². The molecule has 2 rings (SSSR count). The van der Waals surface area contributed by atoms with Gasteiger partial charge >= 0.3 is 11.9 Å². The Morgan fingerprint density at radius 1 is 1.40 bits per heavy atom. The van der Waals surface area contributed by atoms with Gasteiger partial charge in [-0.05, 0) is 12.8 Å². The SMILES string of the molecule is O=c1ccn(C2CCC(CNCC(F)(F)F)O2)c(=O)[nH]1. The number of hydrogen-bond acceptors (Lipinski definition) is 4. The highest BCUT2D eigenvalue weighted by Crippen LogP contribution is 2.26. The number of alkyl halides is 3. The van der Waals surface area contributed by atoms with Gasteiger partial charge in [-0.1, -0.05) is 0 Å². The van der Waals surface area contributed by atoms with E-state index >= 15 is 0 Å². The Morgan fingerprint density at radius 3 is 2.80 bits per heavy atom. The molecule has 0 aliphatic carbocycles. The fraction of sp³-hybridized carbons (Fsp3) is 0.636. The number of rotatable bonds is 4. The Hall–Kier alpha value is -1.61. The molecule has 0 bridgehead atoms. The summed E-state index contributed by atoms with van der Waals surface area (Å²) < 4.78 is 42.7. The number of H-pyrrole nitrogens is 1. The molecule has 1 fully saturated rings. The average molecular weight is 293 g/mol. The molecule has 0 aromatic carbocycles. The Labute approximate surface area is 111 Å². The fourth-order valence-electron chi connectivity index (χ4n) is 2.07. The zero-order valence-corrected chi connectivity index (χ0v) is 10.4. The normalized spacial score (nSPS) is 23.1. The van der Waals surface area contributed by atoms with E-state index < -0.39 is 30.2 Å². The predicted octanol–water partition coefficient (Wildman–Crippen LogP) is 0.366. The largest absolute Gasteiger partial charge is 0.401 e. The van der Waals surface area contributed by atoms with Gasteiger partial charge in [-0.15, -0.1) is 0 Å². The van der Waals surface area contributed by atoms with Crippen molar-refractivity contribution >= 4 is 0 Å². The van der Waals surface area contributed by atoms with E-state index in [2.05, 4.69) is 10.3 Å². The lowest BCUT2D eigenvalue weighted by Crippen LogP contribution is -2.35. The van der Waals surface area contributed by atoms with Crippen LogP contribution in [0.4, 0.5) is 13.2 Å². The van der Waals surface area contributed by atoms with Crippen LogP contribution in [0.15, 0.2) is 21.9 Å². The van der Waals surface area contributed by atoms with Crippen LogP contribution in [0.2, 0.25) is 0 Å². The number of nitrogens with zero attached hydrogens (tertiary/aromatic N) is 1. The topological polar surface area (TPSA) is 76.1 Å². The molecule has 1 aliphatic heterocycles. The van der Waals surface area contributed by atoms with Crippen molar-refractivity contribution in [3.05, 3.63) is 33.1 Å². The quantitative estimate of drug-likeness (QED) is 0.841. The summed E-state index contributed by atoms with van der Waals surface area (Å²) in [7, 11) is 0. The summed E-state index contributed by atoms with van der Waals surface area (Å²) in [6.07, 6.45) is -2.84. The minimum Gasteiger partial charge on any atom is -0.353 e. The lowest BCUT2D eigenvalue weighted by atomic mass is 10.2. The number of halogens is 3. The Kier molecular flexibility index (Phi) is 4.29. The zero-order valence-electron chi connectivity index (χ0n) is 10.4. The van der Waals surface area contributed by atoms with Crippen LogP contribution in [0.3, 0.4) is 0 Å². The molecule has 20 heavy (non-hydrogen) atoms. The summed E-state index contributed by atoms with van der Waals surface area (Å²) in [5.74, 6) is 0. The van der Waals surface area contributed by atoms with Crippen LogP contribution >= 0.6 is 0 Å². The summed E-state index contributed by atoms with van der Waals surface area (Å²) in [4.78, 5) is 24.6. The van der Waals surface area contributed by atoms with Crippen LogP contribution in [0.25, 0.3) is 0 Å². The van der Waals surface area contributed by atoms with Crippen molar-refractivity contribution in [2.24, 2.45) is 0 Å². The maximum atomic E-state index is 12.0. The Bertz CT molecular complexity index is 566. The van der Waals surface area contributed by atoms with Crippen molar-refractivity contribution in [2.45, 2.75) is 31.3 Å². The third kappa shape index (κ3) is 3.94. The first kappa shape index (κ1) is 14.8. The summed E-state index contributed by atoms with van der Waals surface area (Å²) in [6, 6.07) is 1.19. The first-order valence-electron chi connectivity index (χ1n) is 6.09. The molecular formula is C11H14F3N3O3. The molecule has 2 heterocycles. The van der Waals surface area contributed by atoms with Crippen molar-refractivity contribution < 1.29 is 17.9 Å². The second kappa shape index (κ2) is 5.80. The van der Waals surface area contributed by atoms with E-state index in [0.717, 1.165) is 0 Å². The molecule has 1 aromatic heterocycles. The van der Waals surface area contributed by atoms with Gasteiger partial charge in [0.2, 0.25) is 0 Å². The standard InChI is InChI=1S/C11H14F3N3O3/c12-11(13,14)6-15-5-7-1-2-9(20-7)17-4-3-8(18)16-10(17)19/h3-4,7,9,15H,1-2,5-6H2,(H,16,18,19). The first-order valence-corrected chi connectivity index (χ1v) is 6.09. The summed E-state index contributed by atoms with van der Waals surface area (Å²) in [5.41, 5.74) is -1.10. The molecule has 2 N–H and O–H groups in total. The van der Waals surface area contributed by atoms with Gasteiger partial charge in [0.1, 0.15) is 6.23 Å². The molecule has 112 valence electrons. The zero-order chi connectivity index (χ0) is 14.8. The summed E-state index contributed by atoms with van der Waals surface area (Å²) in [5, 5.41) is 2.27. The molecule has 1 aliphatic rings. The van der Waals surface area contributed by atoms with Gasteiger partial charge in [-0.25, -0.2) is 4.79 Å². The molecule has 9 heteroatoms. The lowest BCUT2D eigenvalue weighted by molar-refractivity contribution is -0.126. The first-order chi connectivity index (χ1) is 9.35. The second-order valence-corrected chi connectivity index (χ2v) is 4.55. The van der Waals surface area contributed by atoms with Gasteiger partial charge in [0, 0.05) is 18.8 Å². The van der Waals surface area contributed by atoms with E-state index in [0.29, 0.717) is 12.8 Å². The monoisotopic (exact) mass is 293 g/mol. The smallest absolute Gasteiger partial charge is 0.353 e. The van der Waals surface area contributed by atoms with Gasteiger partial charge < -0.3 is 10.1 Å². The highest BCUT2D eigenvalue weighted by molar-refractivity contribution is 4.86. The Morgan fingerprint density at radius 2 is 2.15 bits per heavy atom. The Balaban J connectivity index is 1.89. The second-order valence-electron chi connectivity index (χ2n) is 4.55. The van der Waals surface area contributed by atoms with E-state index in [-0.39, 0.29) is 12.6 Å². The van der Waals surface area contributed by atoms with Gasteiger partial charge in [0.05, 0.1) is 12.6 Å². The number of nitrogens with one attached hydrogen (secondary N) is 2. The van der Waals surface area contributed by atoms with Gasteiger partial charge in [-0.3, -0.25) is 14.3 Å². The van der Waals surface area contributed by atoms with Gasteiger partial charge in [0.25, 0.3) is 5.56 Å². The van der Waals surface area contributed by atoms with Crippen LogP contribution in [-0.4, -0.2) is 34.9 Å². The predicted molar refractivity (Wildman–Crippen MR) is 63.4 cm³/mol. The molecule has 0 saturated carbocycles.